The van der Waals surface area contributed by atoms with Gasteiger partial charge in [0.2, 0.25) is 5.13 Å². The van der Waals surface area contributed by atoms with E-state index in [1.807, 2.05) is 24.3 Å². The smallest absolute Gasteiger partial charge is 0.257 e. The number of hydrogen-bond acceptors (Lipinski definition) is 5. The summed E-state index contributed by atoms with van der Waals surface area (Å²) in [6, 6.07) is 14.4. The lowest BCUT2D eigenvalue weighted by Crippen LogP contribution is -2.11. The van der Waals surface area contributed by atoms with E-state index in [1.54, 1.807) is 24.3 Å². The number of halogens is 2. The number of nitrogens with one attached hydrogen (secondary N) is 1. The highest BCUT2D eigenvalue weighted by atomic mass is 35.5. The topological polar surface area (TPSA) is 54.9 Å². The molecule has 3 rings (SSSR count). The minimum absolute atomic E-state index is 0.267. The van der Waals surface area contributed by atoms with Gasteiger partial charge in [0.1, 0.15) is 0 Å². The van der Waals surface area contributed by atoms with Crippen LogP contribution in [0.1, 0.15) is 15.9 Å². The molecule has 1 N–H and O–H groups in total. The van der Waals surface area contributed by atoms with E-state index in [-0.39, 0.29) is 5.91 Å². The van der Waals surface area contributed by atoms with Crippen molar-refractivity contribution in [1.82, 2.24) is 10.2 Å². The van der Waals surface area contributed by atoms with Gasteiger partial charge >= 0.3 is 0 Å². The molecule has 4 nitrogen and oxygen atoms in total. The molecule has 0 aliphatic heterocycles. The summed E-state index contributed by atoms with van der Waals surface area (Å²) in [6.07, 6.45) is 0. The largest absolute Gasteiger partial charge is 0.296 e. The highest BCUT2D eigenvalue weighted by Gasteiger charge is 2.11. The minimum atomic E-state index is -0.267. The van der Waals surface area contributed by atoms with Gasteiger partial charge in [0.05, 0.1) is 0 Å². The van der Waals surface area contributed by atoms with Crippen molar-refractivity contribution >= 4 is 57.3 Å². The number of carbonyl (C=O) groups is 1. The van der Waals surface area contributed by atoms with Crippen LogP contribution >= 0.6 is 46.3 Å². The van der Waals surface area contributed by atoms with Crippen LogP contribution < -0.4 is 5.32 Å². The molecule has 0 bridgehead atoms. The summed E-state index contributed by atoms with van der Waals surface area (Å²) in [7, 11) is 0. The highest BCUT2D eigenvalue weighted by molar-refractivity contribution is 8.00. The van der Waals surface area contributed by atoms with Crippen molar-refractivity contribution < 1.29 is 4.79 Å². The maximum Gasteiger partial charge on any atom is 0.257 e. The standard InChI is InChI=1S/C16H11Cl2N3OS2/c17-12-6-3-5-10(8-12)14(22)19-15-20-21-16(24-15)23-9-11-4-1-2-7-13(11)18/h1-8H,9H2,(H,19,20,22). The number of amides is 1. The SMILES string of the molecule is O=C(Nc1nnc(SCc2ccccc2Cl)s1)c1cccc(Cl)c1. The molecule has 2 aromatic carbocycles. The third-order valence-corrected chi connectivity index (χ3v) is 5.65. The first kappa shape index (κ1) is 17.2. The molecule has 0 saturated carbocycles. The minimum Gasteiger partial charge on any atom is -0.296 e. The van der Waals surface area contributed by atoms with Crippen LogP contribution in [0.3, 0.4) is 0 Å². The molecule has 0 radical (unpaired) electrons. The second-order valence-electron chi connectivity index (χ2n) is 4.72. The molecule has 0 fully saturated rings. The second-order valence-corrected chi connectivity index (χ2v) is 7.76. The molecule has 0 aliphatic rings. The molecule has 1 aromatic heterocycles. The molecule has 0 unspecified atom stereocenters. The summed E-state index contributed by atoms with van der Waals surface area (Å²) in [6.45, 7) is 0. The van der Waals surface area contributed by atoms with E-state index in [0.29, 0.717) is 21.5 Å². The summed E-state index contributed by atoms with van der Waals surface area (Å²) < 4.78 is 0.760. The van der Waals surface area contributed by atoms with E-state index in [2.05, 4.69) is 15.5 Å². The van der Waals surface area contributed by atoms with Gasteiger partial charge in [0.15, 0.2) is 4.34 Å². The van der Waals surface area contributed by atoms with E-state index in [4.69, 9.17) is 23.2 Å². The molecular weight excluding hydrogens is 385 g/mol. The third-order valence-electron chi connectivity index (χ3n) is 3.02. The van der Waals surface area contributed by atoms with Crippen LogP contribution in [-0.4, -0.2) is 16.1 Å². The fraction of sp³-hybridized carbons (Fsp3) is 0.0625. The summed E-state index contributed by atoms with van der Waals surface area (Å²) in [5, 5.41) is 12.5. The van der Waals surface area contributed by atoms with Crippen LogP contribution in [0, 0.1) is 0 Å². The van der Waals surface area contributed by atoms with Crippen LogP contribution in [-0.2, 0) is 5.75 Å². The van der Waals surface area contributed by atoms with E-state index in [0.717, 1.165) is 14.9 Å². The summed E-state index contributed by atoms with van der Waals surface area (Å²) in [4.78, 5) is 12.1. The lowest BCUT2D eigenvalue weighted by atomic mass is 10.2. The Balaban J connectivity index is 1.61. The molecule has 3 aromatic rings. The number of hydrogen-bond donors (Lipinski definition) is 1. The Hall–Kier alpha value is -1.60. The van der Waals surface area contributed by atoms with Crippen molar-refractivity contribution in [3.05, 3.63) is 69.7 Å². The van der Waals surface area contributed by atoms with Crippen LogP contribution in [0.5, 0.6) is 0 Å². The number of benzene rings is 2. The normalized spacial score (nSPS) is 10.6. The molecular formula is C16H11Cl2N3OS2. The van der Waals surface area contributed by atoms with Crippen molar-refractivity contribution in [1.29, 1.82) is 0 Å². The van der Waals surface area contributed by atoms with Gasteiger partial charge in [-0.15, -0.1) is 10.2 Å². The van der Waals surface area contributed by atoms with Crippen molar-refractivity contribution in [2.75, 3.05) is 5.32 Å². The molecule has 122 valence electrons. The first-order valence-electron chi connectivity index (χ1n) is 6.88. The van der Waals surface area contributed by atoms with Crippen LogP contribution in [0.4, 0.5) is 5.13 Å². The lowest BCUT2D eigenvalue weighted by Gasteiger charge is -2.01. The molecule has 0 atom stereocenters. The summed E-state index contributed by atoms with van der Waals surface area (Å²) >= 11 is 14.9. The second kappa shape index (κ2) is 7.98. The van der Waals surface area contributed by atoms with Crippen molar-refractivity contribution in [3.63, 3.8) is 0 Å². The molecule has 0 aliphatic carbocycles. The fourth-order valence-corrected chi connectivity index (χ4v) is 4.10. The Morgan fingerprint density at radius 1 is 1.12 bits per heavy atom. The molecule has 1 heterocycles. The first-order chi connectivity index (χ1) is 11.6. The van der Waals surface area contributed by atoms with Crippen molar-refractivity contribution in [2.24, 2.45) is 0 Å². The predicted molar refractivity (Wildman–Crippen MR) is 100 cm³/mol. The first-order valence-corrected chi connectivity index (χ1v) is 9.44. The van der Waals surface area contributed by atoms with E-state index in [1.165, 1.54) is 23.1 Å². The van der Waals surface area contributed by atoms with Crippen molar-refractivity contribution in [3.8, 4) is 0 Å². The lowest BCUT2D eigenvalue weighted by molar-refractivity contribution is 0.102. The van der Waals surface area contributed by atoms with Gasteiger partial charge in [-0.05, 0) is 29.8 Å². The van der Waals surface area contributed by atoms with E-state index in [9.17, 15) is 4.79 Å². The molecule has 0 spiro atoms. The number of carbonyl (C=O) groups excluding carboxylic acids is 1. The quantitative estimate of drug-likeness (QED) is 0.464. The third kappa shape index (κ3) is 4.48. The van der Waals surface area contributed by atoms with Crippen LogP contribution in [0.25, 0.3) is 0 Å². The van der Waals surface area contributed by atoms with Crippen molar-refractivity contribution in [2.45, 2.75) is 10.1 Å². The Morgan fingerprint density at radius 2 is 1.96 bits per heavy atom. The van der Waals surface area contributed by atoms with E-state index >= 15 is 0 Å². The average molecular weight is 396 g/mol. The van der Waals surface area contributed by atoms with Gasteiger partial charge in [-0.1, -0.05) is 70.6 Å². The number of rotatable bonds is 5. The van der Waals surface area contributed by atoms with Gasteiger partial charge in [-0.2, -0.15) is 0 Å². The average Bonchev–Trinajstić information content (AvgIpc) is 3.01. The van der Waals surface area contributed by atoms with Crippen LogP contribution in [0.2, 0.25) is 10.0 Å². The number of anilines is 1. The molecule has 1 amide bonds. The maximum absolute atomic E-state index is 12.1. The van der Waals surface area contributed by atoms with Gasteiger partial charge in [-0.25, -0.2) is 0 Å². The van der Waals surface area contributed by atoms with Gasteiger partial charge in [0.25, 0.3) is 5.91 Å². The summed E-state index contributed by atoms with van der Waals surface area (Å²) in [5.74, 6) is 0.424. The zero-order valence-corrected chi connectivity index (χ0v) is 15.3. The zero-order valence-electron chi connectivity index (χ0n) is 12.2. The number of thioether (sulfide) groups is 1. The Morgan fingerprint density at radius 3 is 2.75 bits per heavy atom. The monoisotopic (exact) mass is 395 g/mol. The fourth-order valence-electron chi connectivity index (χ4n) is 1.87. The zero-order chi connectivity index (χ0) is 16.9. The Labute approximate surface area is 157 Å². The highest BCUT2D eigenvalue weighted by Crippen LogP contribution is 2.30. The molecule has 0 saturated heterocycles. The molecule has 24 heavy (non-hydrogen) atoms. The van der Waals surface area contributed by atoms with Crippen LogP contribution in [0.15, 0.2) is 52.9 Å². The van der Waals surface area contributed by atoms with E-state index < -0.39 is 0 Å². The summed E-state index contributed by atoms with van der Waals surface area (Å²) in [5.41, 5.74) is 1.51. The predicted octanol–water partition coefficient (Wildman–Crippen LogP) is 5.39. The van der Waals surface area contributed by atoms with Gasteiger partial charge < -0.3 is 0 Å². The number of nitrogens with zero attached hydrogens (tertiary/aromatic N) is 2. The molecule has 8 heteroatoms. The number of aromatic nitrogens is 2. The van der Waals surface area contributed by atoms with Gasteiger partial charge in [-0.3, -0.25) is 10.1 Å². The Bertz CT molecular complexity index is 870. The maximum atomic E-state index is 12.1. The Kier molecular flexibility index (Phi) is 5.73. The van der Waals surface area contributed by atoms with Gasteiger partial charge in [0, 0.05) is 21.4 Å².